The number of ketones is 1. The normalized spacial score (nSPS) is 10.6. The van der Waals surface area contributed by atoms with E-state index in [0.717, 1.165) is 28.8 Å². The molecule has 2 aromatic carbocycles. The predicted octanol–water partition coefficient (Wildman–Crippen LogP) is 3.91. The van der Waals surface area contributed by atoms with Crippen LogP contribution in [0.3, 0.4) is 0 Å². The summed E-state index contributed by atoms with van der Waals surface area (Å²) in [6, 6.07) is 14.7. The molecule has 0 N–H and O–H groups in total. The Labute approximate surface area is 162 Å². The van der Waals surface area contributed by atoms with Crippen LogP contribution >= 0.6 is 11.8 Å². The van der Waals surface area contributed by atoms with Crippen molar-refractivity contribution in [3.05, 3.63) is 82.4 Å². The van der Waals surface area contributed by atoms with Crippen molar-refractivity contribution in [2.24, 2.45) is 0 Å². The van der Waals surface area contributed by atoms with Crippen LogP contribution in [0.5, 0.6) is 5.75 Å². The van der Waals surface area contributed by atoms with Crippen LogP contribution in [0.25, 0.3) is 5.69 Å². The van der Waals surface area contributed by atoms with E-state index in [1.165, 1.54) is 4.57 Å². The van der Waals surface area contributed by atoms with Crippen molar-refractivity contribution in [3.63, 3.8) is 0 Å². The fourth-order valence-corrected chi connectivity index (χ4v) is 3.31. The molecule has 0 saturated heterocycles. The summed E-state index contributed by atoms with van der Waals surface area (Å²) >= 11 is 1.15. The van der Waals surface area contributed by atoms with Gasteiger partial charge in [0.15, 0.2) is 10.8 Å². The highest BCUT2D eigenvalue weighted by molar-refractivity contribution is 7.99. The van der Waals surface area contributed by atoms with Gasteiger partial charge in [-0.25, -0.2) is 4.98 Å². The molecule has 0 fully saturated rings. The van der Waals surface area contributed by atoms with Crippen LogP contribution in [0.15, 0.2) is 70.7 Å². The highest BCUT2D eigenvalue weighted by Crippen LogP contribution is 2.17. The van der Waals surface area contributed by atoms with E-state index in [-0.39, 0.29) is 17.1 Å². The van der Waals surface area contributed by atoms with Gasteiger partial charge in [-0.15, -0.1) is 0 Å². The Morgan fingerprint density at radius 3 is 2.48 bits per heavy atom. The Kier molecular flexibility index (Phi) is 6.08. The van der Waals surface area contributed by atoms with Gasteiger partial charge in [0, 0.05) is 23.6 Å². The number of thioether (sulfide) groups is 1. The summed E-state index contributed by atoms with van der Waals surface area (Å²) in [5.74, 6) is 0.816. The predicted molar refractivity (Wildman–Crippen MR) is 107 cm³/mol. The van der Waals surface area contributed by atoms with E-state index in [2.05, 4.69) is 4.98 Å². The lowest BCUT2D eigenvalue weighted by molar-refractivity contribution is 0.102. The largest absolute Gasteiger partial charge is 0.494 e. The molecule has 0 radical (unpaired) electrons. The van der Waals surface area contributed by atoms with Crippen LogP contribution in [0.4, 0.5) is 0 Å². The molecular weight excluding hydrogens is 360 g/mol. The van der Waals surface area contributed by atoms with Crippen molar-refractivity contribution >= 4 is 17.5 Å². The molecule has 0 saturated carbocycles. The minimum atomic E-state index is -0.231. The number of aryl methyl sites for hydroxylation is 1. The molecule has 0 unspecified atom stereocenters. The van der Waals surface area contributed by atoms with Crippen LogP contribution < -0.4 is 10.3 Å². The summed E-state index contributed by atoms with van der Waals surface area (Å²) in [4.78, 5) is 29.2. The molecule has 0 atom stereocenters. The summed E-state index contributed by atoms with van der Waals surface area (Å²) in [6.07, 6.45) is 3.20. The standard InChI is InChI=1S/C21H20N2O3S/c1-3-26-18-10-6-16(7-11-18)19(24)14-27-20-21(25)23(13-12-22-20)17-8-4-15(2)5-9-17/h4-13H,3,14H2,1-2H3. The zero-order valence-corrected chi connectivity index (χ0v) is 16.0. The summed E-state index contributed by atoms with van der Waals surface area (Å²) < 4.78 is 6.92. The molecule has 1 aromatic heterocycles. The average molecular weight is 380 g/mol. The van der Waals surface area contributed by atoms with Gasteiger partial charge in [-0.2, -0.15) is 0 Å². The Morgan fingerprint density at radius 1 is 1.11 bits per heavy atom. The molecule has 5 nitrogen and oxygen atoms in total. The van der Waals surface area contributed by atoms with Gasteiger partial charge in [0.2, 0.25) is 0 Å². The molecule has 1 heterocycles. The van der Waals surface area contributed by atoms with Crippen LogP contribution in [0.2, 0.25) is 0 Å². The Morgan fingerprint density at radius 2 is 1.81 bits per heavy atom. The molecule has 0 aliphatic carbocycles. The molecular formula is C21H20N2O3S. The van der Waals surface area contributed by atoms with Crippen LogP contribution in [-0.4, -0.2) is 27.7 Å². The van der Waals surface area contributed by atoms with Crippen molar-refractivity contribution in [2.45, 2.75) is 18.9 Å². The number of Topliss-reactive ketones (excluding diaryl/α,β-unsaturated/α-hetero) is 1. The minimum Gasteiger partial charge on any atom is -0.494 e. The third-order valence-corrected chi connectivity index (χ3v) is 4.91. The summed E-state index contributed by atoms with van der Waals surface area (Å²) in [5, 5.41) is 0.303. The number of ether oxygens (including phenoxy) is 1. The van der Waals surface area contributed by atoms with Gasteiger partial charge >= 0.3 is 0 Å². The summed E-state index contributed by atoms with van der Waals surface area (Å²) in [6.45, 7) is 4.48. The molecule has 0 aliphatic heterocycles. The first-order valence-electron chi connectivity index (χ1n) is 8.62. The van der Waals surface area contributed by atoms with Crippen molar-refractivity contribution in [2.75, 3.05) is 12.4 Å². The van der Waals surface area contributed by atoms with Crippen molar-refractivity contribution in [1.82, 2.24) is 9.55 Å². The van der Waals surface area contributed by atoms with E-state index in [1.807, 2.05) is 38.1 Å². The van der Waals surface area contributed by atoms with E-state index in [1.54, 1.807) is 36.7 Å². The number of carbonyl (C=O) groups is 1. The number of carbonyl (C=O) groups excluding carboxylic acids is 1. The number of hydrogen-bond donors (Lipinski definition) is 0. The van der Waals surface area contributed by atoms with E-state index in [9.17, 15) is 9.59 Å². The van der Waals surface area contributed by atoms with E-state index in [4.69, 9.17) is 4.74 Å². The monoisotopic (exact) mass is 380 g/mol. The second-order valence-electron chi connectivity index (χ2n) is 5.91. The molecule has 0 spiro atoms. The van der Waals surface area contributed by atoms with Gasteiger partial charge in [0.05, 0.1) is 12.4 Å². The maximum Gasteiger partial charge on any atom is 0.287 e. The van der Waals surface area contributed by atoms with Crippen LogP contribution in [-0.2, 0) is 0 Å². The zero-order valence-electron chi connectivity index (χ0n) is 15.2. The second-order valence-corrected chi connectivity index (χ2v) is 6.88. The zero-order chi connectivity index (χ0) is 19.2. The van der Waals surface area contributed by atoms with Gasteiger partial charge in [0.1, 0.15) is 5.75 Å². The highest BCUT2D eigenvalue weighted by Gasteiger charge is 2.12. The van der Waals surface area contributed by atoms with E-state index < -0.39 is 0 Å². The number of nitrogens with zero attached hydrogens (tertiary/aromatic N) is 2. The van der Waals surface area contributed by atoms with Gasteiger partial charge in [-0.1, -0.05) is 29.5 Å². The lowest BCUT2D eigenvalue weighted by atomic mass is 10.1. The summed E-state index contributed by atoms with van der Waals surface area (Å²) in [5.41, 5.74) is 2.25. The van der Waals surface area contributed by atoms with E-state index >= 15 is 0 Å². The van der Waals surface area contributed by atoms with Crippen molar-refractivity contribution < 1.29 is 9.53 Å². The molecule has 6 heteroatoms. The topological polar surface area (TPSA) is 61.2 Å². The highest BCUT2D eigenvalue weighted by atomic mass is 32.2. The SMILES string of the molecule is CCOc1ccc(C(=O)CSc2nccn(-c3ccc(C)cc3)c2=O)cc1. The molecule has 3 aromatic rings. The van der Waals surface area contributed by atoms with Gasteiger partial charge in [0.25, 0.3) is 5.56 Å². The molecule has 27 heavy (non-hydrogen) atoms. The first-order chi connectivity index (χ1) is 13.1. The smallest absolute Gasteiger partial charge is 0.287 e. The van der Waals surface area contributed by atoms with Crippen molar-refractivity contribution in [3.8, 4) is 11.4 Å². The maximum absolute atomic E-state index is 12.7. The maximum atomic E-state index is 12.7. The number of rotatable bonds is 7. The first-order valence-corrected chi connectivity index (χ1v) is 9.60. The molecule has 138 valence electrons. The van der Waals surface area contributed by atoms with E-state index in [0.29, 0.717) is 17.2 Å². The van der Waals surface area contributed by atoms with Crippen LogP contribution in [0, 0.1) is 6.92 Å². The molecule has 0 bridgehead atoms. The molecule has 0 aliphatic rings. The minimum absolute atomic E-state index is 0.0602. The number of aromatic nitrogens is 2. The third kappa shape index (κ3) is 4.65. The lowest BCUT2D eigenvalue weighted by Gasteiger charge is -2.08. The van der Waals surface area contributed by atoms with Gasteiger partial charge in [-0.3, -0.25) is 14.2 Å². The summed E-state index contributed by atoms with van der Waals surface area (Å²) in [7, 11) is 0. The van der Waals surface area contributed by atoms with Gasteiger partial charge < -0.3 is 4.74 Å². The second kappa shape index (κ2) is 8.68. The number of hydrogen-bond acceptors (Lipinski definition) is 5. The Hall–Kier alpha value is -2.86. The Balaban J connectivity index is 1.72. The Bertz CT molecular complexity index is 980. The number of benzene rings is 2. The molecule has 0 amide bonds. The fourth-order valence-electron chi connectivity index (χ4n) is 2.52. The van der Waals surface area contributed by atoms with Crippen molar-refractivity contribution in [1.29, 1.82) is 0 Å². The lowest BCUT2D eigenvalue weighted by Crippen LogP contribution is -2.21. The van der Waals surface area contributed by atoms with Gasteiger partial charge in [-0.05, 0) is 50.2 Å². The molecule has 3 rings (SSSR count). The average Bonchev–Trinajstić information content (AvgIpc) is 2.69. The fraction of sp³-hybridized carbons (Fsp3) is 0.190. The third-order valence-electron chi connectivity index (χ3n) is 3.95. The quantitative estimate of drug-likeness (QED) is 0.459. The van der Waals surface area contributed by atoms with Crippen LogP contribution in [0.1, 0.15) is 22.8 Å². The first kappa shape index (κ1) is 18.9.